The third-order valence-electron chi connectivity index (χ3n) is 3.60. The van der Waals surface area contributed by atoms with Crippen LogP contribution in [0, 0.1) is 11.3 Å². The summed E-state index contributed by atoms with van der Waals surface area (Å²) in [4.78, 5) is 12.4. The molecule has 3 aromatic carbocycles. The van der Waals surface area contributed by atoms with Gasteiger partial charge in [0, 0.05) is 10.2 Å². The van der Waals surface area contributed by atoms with E-state index < -0.39 is 5.91 Å². The first-order valence-corrected chi connectivity index (χ1v) is 8.95. The lowest BCUT2D eigenvalue weighted by Gasteiger charge is -2.07. The number of anilines is 1. The number of nitriles is 1. The van der Waals surface area contributed by atoms with E-state index in [-0.39, 0.29) is 5.57 Å². The molecule has 0 unspecified atom stereocenters. The molecule has 0 aliphatic carbocycles. The first kappa shape index (κ1) is 18.4. The predicted octanol–water partition coefficient (Wildman–Crippen LogP) is 5.79. The Morgan fingerprint density at radius 2 is 1.70 bits per heavy atom. The van der Waals surface area contributed by atoms with Gasteiger partial charge in [-0.3, -0.25) is 4.79 Å². The van der Waals surface area contributed by atoms with Crippen LogP contribution in [-0.2, 0) is 4.79 Å². The van der Waals surface area contributed by atoms with Gasteiger partial charge in [-0.2, -0.15) is 5.26 Å². The number of hydrogen-bond donors (Lipinski definition) is 1. The largest absolute Gasteiger partial charge is 0.457 e. The third kappa shape index (κ3) is 5.30. The summed E-state index contributed by atoms with van der Waals surface area (Å²) in [5.74, 6) is 0.871. The van der Waals surface area contributed by atoms with E-state index in [0.29, 0.717) is 22.7 Å². The van der Waals surface area contributed by atoms with Crippen LogP contribution < -0.4 is 10.1 Å². The molecule has 5 heteroatoms. The van der Waals surface area contributed by atoms with Gasteiger partial charge in [-0.25, -0.2) is 0 Å². The summed E-state index contributed by atoms with van der Waals surface area (Å²) in [5, 5.41) is 12.1. The van der Waals surface area contributed by atoms with E-state index in [1.807, 2.05) is 60.7 Å². The zero-order valence-corrected chi connectivity index (χ0v) is 15.8. The second-order valence-electron chi connectivity index (χ2n) is 5.62. The molecule has 0 aliphatic heterocycles. The quantitative estimate of drug-likeness (QED) is 0.421. The Morgan fingerprint density at radius 1 is 0.963 bits per heavy atom. The average Bonchev–Trinajstić information content (AvgIpc) is 2.67. The van der Waals surface area contributed by atoms with Gasteiger partial charge in [-0.1, -0.05) is 52.3 Å². The Balaban J connectivity index is 1.78. The van der Waals surface area contributed by atoms with E-state index in [1.54, 1.807) is 24.3 Å². The van der Waals surface area contributed by atoms with Gasteiger partial charge in [0.15, 0.2) is 0 Å². The monoisotopic (exact) mass is 418 g/mol. The molecule has 0 spiro atoms. The van der Waals surface area contributed by atoms with Gasteiger partial charge >= 0.3 is 0 Å². The number of carbonyl (C=O) groups is 1. The number of ether oxygens (including phenoxy) is 1. The second kappa shape index (κ2) is 8.84. The van der Waals surface area contributed by atoms with Crippen LogP contribution in [0.4, 0.5) is 5.69 Å². The van der Waals surface area contributed by atoms with Crippen molar-refractivity contribution in [1.29, 1.82) is 5.26 Å². The molecule has 27 heavy (non-hydrogen) atoms. The number of para-hydroxylation sites is 1. The Kier molecular flexibility index (Phi) is 6.03. The molecule has 0 fully saturated rings. The topological polar surface area (TPSA) is 62.1 Å². The fourth-order valence-electron chi connectivity index (χ4n) is 2.37. The van der Waals surface area contributed by atoms with E-state index in [9.17, 15) is 10.1 Å². The fourth-order valence-corrected chi connectivity index (χ4v) is 2.77. The number of halogens is 1. The molecule has 1 amide bonds. The molecule has 0 radical (unpaired) electrons. The normalized spacial score (nSPS) is 10.7. The SMILES string of the molecule is N#C/C(=C/c1cccc(Oc2ccccc2)c1)C(=O)Nc1cccc(Br)c1. The Morgan fingerprint density at radius 3 is 2.44 bits per heavy atom. The summed E-state index contributed by atoms with van der Waals surface area (Å²) < 4.78 is 6.63. The maximum absolute atomic E-state index is 12.4. The molecular formula is C22H15BrN2O2. The first-order valence-electron chi connectivity index (χ1n) is 8.16. The van der Waals surface area contributed by atoms with Crippen molar-refractivity contribution >= 4 is 33.6 Å². The summed E-state index contributed by atoms with van der Waals surface area (Å²) in [7, 11) is 0. The maximum Gasteiger partial charge on any atom is 0.266 e. The Labute approximate surface area is 165 Å². The molecule has 0 saturated heterocycles. The molecule has 0 aliphatic rings. The van der Waals surface area contributed by atoms with Crippen molar-refractivity contribution in [2.24, 2.45) is 0 Å². The zero-order chi connectivity index (χ0) is 19.1. The van der Waals surface area contributed by atoms with Crippen molar-refractivity contribution in [1.82, 2.24) is 0 Å². The lowest BCUT2D eigenvalue weighted by atomic mass is 10.1. The lowest BCUT2D eigenvalue weighted by Crippen LogP contribution is -2.13. The number of rotatable bonds is 5. The van der Waals surface area contributed by atoms with Crippen molar-refractivity contribution < 1.29 is 9.53 Å². The van der Waals surface area contributed by atoms with E-state index >= 15 is 0 Å². The van der Waals surface area contributed by atoms with Crippen molar-refractivity contribution in [3.63, 3.8) is 0 Å². The smallest absolute Gasteiger partial charge is 0.266 e. The molecule has 132 valence electrons. The molecule has 3 aromatic rings. The van der Waals surface area contributed by atoms with Crippen molar-refractivity contribution in [2.75, 3.05) is 5.32 Å². The minimum absolute atomic E-state index is 0.00633. The van der Waals surface area contributed by atoms with E-state index in [0.717, 1.165) is 4.47 Å². The van der Waals surface area contributed by atoms with Crippen LogP contribution in [0.2, 0.25) is 0 Å². The molecule has 0 heterocycles. The van der Waals surface area contributed by atoms with Crippen molar-refractivity contribution in [3.05, 3.63) is 94.5 Å². The standard InChI is InChI=1S/C22H15BrN2O2/c23-18-7-5-8-19(14-18)25-22(26)17(15-24)12-16-6-4-11-21(13-16)27-20-9-2-1-3-10-20/h1-14H,(H,25,26)/b17-12-. The number of nitrogens with one attached hydrogen (secondary N) is 1. The lowest BCUT2D eigenvalue weighted by molar-refractivity contribution is -0.112. The molecule has 0 saturated carbocycles. The van der Waals surface area contributed by atoms with Gasteiger partial charge < -0.3 is 10.1 Å². The maximum atomic E-state index is 12.4. The minimum atomic E-state index is -0.468. The van der Waals surface area contributed by atoms with Gasteiger partial charge in [-0.15, -0.1) is 0 Å². The van der Waals surface area contributed by atoms with Gasteiger partial charge in [0.05, 0.1) is 0 Å². The van der Waals surface area contributed by atoms with Crippen LogP contribution in [0.1, 0.15) is 5.56 Å². The van der Waals surface area contributed by atoms with Crippen LogP contribution in [0.3, 0.4) is 0 Å². The molecule has 0 bridgehead atoms. The highest BCUT2D eigenvalue weighted by atomic mass is 79.9. The summed E-state index contributed by atoms with van der Waals surface area (Å²) in [6.45, 7) is 0. The summed E-state index contributed by atoms with van der Waals surface area (Å²) >= 11 is 3.35. The minimum Gasteiger partial charge on any atom is -0.457 e. The molecule has 0 aromatic heterocycles. The second-order valence-corrected chi connectivity index (χ2v) is 6.54. The summed E-state index contributed by atoms with van der Waals surface area (Å²) in [5.41, 5.74) is 1.31. The van der Waals surface area contributed by atoms with Crippen LogP contribution >= 0.6 is 15.9 Å². The Hall–Kier alpha value is -3.36. The summed E-state index contributed by atoms with van der Waals surface area (Å²) in [6.07, 6.45) is 1.53. The van der Waals surface area contributed by atoms with E-state index in [1.165, 1.54) is 6.08 Å². The van der Waals surface area contributed by atoms with Crippen LogP contribution in [0.25, 0.3) is 6.08 Å². The molecule has 1 N–H and O–H groups in total. The number of benzene rings is 3. The van der Waals surface area contributed by atoms with Crippen molar-refractivity contribution in [2.45, 2.75) is 0 Å². The Bertz CT molecular complexity index is 1020. The number of carbonyl (C=O) groups excluding carboxylic acids is 1. The number of nitrogens with zero attached hydrogens (tertiary/aromatic N) is 1. The van der Waals surface area contributed by atoms with Crippen LogP contribution in [0.15, 0.2) is 88.9 Å². The van der Waals surface area contributed by atoms with Gasteiger partial charge in [0.25, 0.3) is 5.91 Å². The van der Waals surface area contributed by atoms with E-state index in [4.69, 9.17) is 4.74 Å². The molecule has 4 nitrogen and oxygen atoms in total. The molecule has 0 atom stereocenters. The van der Waals surface area contributed by atoms with Gasteiger partial charge in [0.2, 0.25) is 0 Å². The highest BCUT2D eigenvalue weighted by Gasteiger charge is 2.10. The first-order chi connectivity index (χ1) is 13.1. The highest BCUT2D eigenvalue weighted by Crippen LogP contribution is 2.23. The van der Waals surface area contributed by atoms with Crippen LogP contribution in [-0.4, -0.2) is 5.91 Å². The third-order valence-corrected chi connectivity index (χ3v) is 4.09. The van der Waals surface area contributed by atoms with Gasteiger partial charge in [-0.05, 0) is 54.1 Å². The van der Waals surface area contributed by atoms with Gasteiger partial charge in [0.1, 0.15) is 23.1 Å². The molecule has 3 rings (SSSR count). The fraction of sp³-hybridized carbons (Fsp3) is 0. The average molecular weight is 419 g/mol. The number of amides is 1. The van der Waals surface area contributed by atoms with Crippen molar-refractivity contribution in [3.8, 4) is 17.6 Å². The highest BCUT2D eigenvalue weighted by molar-refractivity contribution is 9.10. The van der Waals surface area contributed by atoms with E-state index in [2.05, 4.69) is 21.2 Å². The zero-order valence-electron chi connectivity index (χ0n) is 14.2. The summed E-state index contributed by atoms with van der Waals surface area (Å²) in [6, 6.07) is 25.7. The number of hydrogen-bond acceptors (Lipinski definition) is 3. The predicted molar refractivity (Wildman–Crippen MR) is 109 cm³/mol. The van der Waals surface area contributed by atoms with Crippen LogP contribution in [0.5, 0.6) is 11.5 Å². The molecular weight excluding hydrogens is 404 g/mol.